The van der Waals surface area contributed by atoms with Crippen LogP contribution in [0.5, 0.6) is 0 Å². The van der Waals surface area contributed by atoms with E-state index < -0.39 is 235 Å². The smallest absolute Gasteiger partial charge is 0.391 e. The molecule has 3 rings (SSSR count). The first-order valence-electron chi connectivity index (χ1n) is 31.7. The van der Waals surface area contributed by atoms with Gasteiger partial charge in [0.05, 0.1) is 37.3 Å². The van der Waals surface area contributed by atoms with Crippen molar-refractivity contribution in [2.45, 2.75) is 218 Å². The minimum absolute atomic E-state index is 0.00455. The van der Waals surface area contributed by atoms with E-state index >= 15 is 9.59 Å². The Kier molecular flexibility index (Phi) is 31.4. The molecule has 2 unspecified atom stereocenters. The predicted octanol–water partition coefficient (Wildman–Crippen LogP) is -3.76. The number of guanidine groups is 1. The first-order chi connectivity index (χ1) is 44.6. The molecule has 1 aromatic rings. The summed E-state index contributed by atoms with van der Waals surface area (Å²) in [4.78, 5) is 172. The van der Waals surface area contributed by atoms with Gasteiger partial charge in [-0.05, 0) is 87.0 Å². The molecule has 540 valence electrons. The number of halogens is 3. The molecule has 1 heterocycles. The Morgan fingerprint density at radius 2 is 1.27 bits per heavy atom. The van der Waals surface area contributed by atoms with Crippen molar-refractivity contribution < 1.29 is 95.9 Å². The van der Waals surface area contributed by atoms with Crippen molar-refractivity contribution in [2.24, 2.45) is 46.3 Å². The summed E-state index contributed by atoms with van der Waals surface area (Å²) in [6.45, 7) is 13.0. The van der Waals surface area contributed by atoms with Gasteiger partial charge in [0, 0.05) is 6.54 Å². The molecule has 2 aliphatic rings. The molecule has 32 nitrogen and oxygen atoms in total. The number of cyclic esters (lactones) is 1. The fourth-order valence-corrected chi connectivity index (χ4v) is 10.6. The van der Waals surface area contributed by atoms with Gasteiger partial charge < -0.3 is 101 Å². The largest absolute Gasteiger partial charge is 0.453 e. The van der Waals surface area contributed by atoms with Crippen LogP contribution in [0.1, 0.15) is 139 Å². The highest BCUT2D eigenvalue weighted by molar-refractivity contribution is 6.01. The van der Waals surface area contributed by atoms with Crippen molar-refractivity contribution in [1.82, 2.24) is 58.5 Å². The number of aliphatic hydroxyl groups is 4. The number of primary amides is 1. The second-order valence-corrected chi connectivity index (χ2v) is 26.4. The lowest BCUT2D eigenvalue weighted by molar-refractivity contribution is -0.186. The number of benzene rings is 1. The molecule has 1 saturated heterocycles. The summed E-state index contributed by atoms with van der Waals surface area (Å²) in [7, 11) is 0. The maximum absolute atomic E-state index is 15.6. The van der Waals surface area contributed by atoms with Crippen LogP contribution >= 0.6 is 0 Å². The lowest BCUT2D eigenvalue weighted by Gasteiger charge is -2.42. The van der Waals surface area contributed by atoms with Crippen LogP contribution in [0.4, 0.5) is 13.2 Å². The summed E-state index contributed by atoms with van der Waals surface area (Å²) >= 11 is 0. The summed E-state index contributed by atoms with van der Waals surface area (Å²) in [6, 6.07) is -10.8. The predicted molar refractivity (Wildman–Crippen MR) is 338 cm³/mol. The van der Waals surface area contributed by atoms with Crippen molar-refractivity contribution in [2.75, 3.05) is 19.7 Å². The molecule has 0 bridgehead atoms. The van der Waals surface area contributed by atoms with Crippen LogP contribution in [0.3, 0.4) is 0 Å². The van der Waals surface area contributed by atoms with Gasteiger partial charge in [-0.3, -0.25) is 58.1 Å². The monoisotopic (exact) mass is 1370 g/mol. The molecule has 1 aliphatic carbocycles. The Balaban J connectivity index is 2.47. The highest BCUT2D eigenvalue weighted by Crippen LogP contribution is 2.42. The van der Waals surface area contributed by atoms with Crippen molar-refractivity contribution in [1.29, 1.82) is 5.41 Å². The Hall–Kier alpha value is -8.28. The van der Waals surface area contributed by atoms with Gasteiger partial charge in [0.2, 0.25) is 65.0 Å². The molecule has 0 aromatic heterocycles. The van der Waals surface area contributed by atoms with Crippen LogP contribution in [0.25, 0.3) is 0 Å². The number of rotatable bonds is 20. The lowest BCUT2D eigenvalue weighted by atomic mass is 9.75. The zero-order valence-electron chi connectivity index (χ0n) is 55.6. The third kappa shape index (κ3) is 24.7. The summed E-state index contributed by atoms with van der Waals surface area (Å²) < 4.78 is 49.0. The van der Waals surface area contributed by atoms with Gasteiger partial charge >= 0.3 is 12.1 Å². The van der Waals surface area contributed by atoms with Crippen molar-refractivity contribution >= 4 is 76.9 Å². The first-order valence-corrected chi connectivity index (χ1v) is 31.7. The highest BCUT2D eigenvalue weighted by Gasteiger charge is 2.52. The maximum Gasteiger partial charge on any atom is 0.391 e. The van der Waals surface area contributed by atoms with Gasteiger partial charge in [0.15, 0.2) is 24.2 Å². The number of alkyl halides is 3. The van der Waals surface area contributed by atoms with E-state index in [1.165, 1.54) is 44.2 Å². The van der Waals surface area contributed by atoms with Crippen molar-refractivity contribution in [3.8, 4) is 0 Å². The minimum Gasteiger partial charge on any atom is -0.453 e. The van der Waals surface area contributed by atoms with Crippen LogP contribution in [-0.2, 0) is 62.3 Å². The second kappa shape index (κ2) is 36.7. The SMILES string of the molecule is CC[C@H](C)C1NC(=O)[C@@H](CCCNC(=N)N)NC(=O)[C@H](CC(C)C)NC(=O)[C@H]([C@H](O)C(C)C)NC(=O)C(NC(=O)C2(NC(=O)[C@H](N)CC(C)(C)C)CCC(C(F)(F)F)CC2)[C@@H](c2ccccc2)OC(=O)[C@H](CO)NC(=O)[C@H]([C@H](O)C(N)=O)NC(=O)CNC(=O)[C@H]([C@H](C)O)NC1=O. The third-order valence-electron chi connectivity index (χ3n) is 16.3. The Morgan fingerprint density at radius 3 is 1.79 bits per heavy atom. The van der Waals surface area contributed by atoms with Gasteiger partial charge in [-0.25, -0.2) is 4.79 Å². The Bertz CT molecular complexity index is 2890. The van der Waals surface area contributed by atoms with E-state index in [0.717, 1.165) is 6.92 Å². The molecular weight excluding hydrogens is 1270 g/mol. The number of nitrogens with two attached hydrogens (primary N) is 3. The number of hydrogen-bond acceptors (Lipinski definition) is 19. The van der Waals surface area contributed by atoms with E-state index in [1.807, 2.05) is 10.6 Å². The number of carbonyl (C=O) groups is 12. The molecule has 0 spiro atoms. The Morgan fingerprint density at radius 1 is 0.729 bits per heavy atom. The van der Waals surface area contributed by atoms with Gasteiger partial charge in [0.25, 0.3) is 0 Å². The van der Waals surface area contributed by atoms with Crippen LogP contribution < -0.4 is 75.7 Å². The molecule has 1 saturated carbocycles. The van der Waals surface area contributed by atoms with E-state index in [4.69, 9.17) is 27.3 Å². The average molecular weight is 1370 g/mol. The summed E-state index contributed by atoms with van der Waals surface area (Å²) in [5.74, 6) is -20.5. The van der Waals surface area contributed by atoms with Gasteiger partial charge in [-0.2, -0.15) is 13.2 Å². The molecule has 1 aromatic carbocycles. The van der Waals surface area contributed by atoms with E-state index in [2.05, 4.69) is 47.9 Å². The molecule has 35 heteroatoms. The number of hydrogen-bond donors (Lipinski definition) is 19. The topological polar surface area (TPSA) is 529 Å². The minimum atomic E-state index is -4.78. The zero-order valence-corrected chi connectivity index (χ0v) is 55.6. The summed E-state index contributed by atoms with van der Waals surface area (Å²) in [5.41, 5.74) is 14.0. The lowest BCUT2D eigenvalue weighted by Crippen LogP contribution is -2.67. The number of amides is 11. The zero-order chi connectivity index (χ0) is 72.9. The van der Waals surface area contributed by atoms with E-state index in [1.54, 1.807) is 48.5 Å². The molecule has 2 fully saturated rings. The average Bonchev–Trinajstić information content (AvgIpc) is 0.785. The van der Waals surface area contributed by atoms with Crippen LogP contribution in [0, 0.1) is 34.5 Å². The number of nitrogens with one attached hydrogen (secondary N) is 12. The molecule has 0 radical (unpaired) electrons. The quantitative estimate of drug-likeness (QED) is 0.0258. The first kappa shape index (κ1) is 82.0. The molecule has 96 heavy (non-hydrogen) atoms. The van der Waals surface area contributed by atoms with Crippen LogP contribution in [0.15, 0.2) is 30.3 Å². The van der Waals surface area contributed by atoms with Gasteiger partial charge in [0.1, 0.15) is 47.8 Å². The normalized spacial score (nSPS) is 27.1. The second-order valence-electron chi connectivity index (χ2n) is 26.4. The molecule has 1 aliphatic heterocycles. The fraction of sp³-hybridized carbons (Fsp3) is 0.689. The standard InChI is InChI=1S/C61H98F3N15O17/c1-11-30(6)39-52(90)76-40(31(7)81)51(89)70-26-38(82)74-42(45(84)47(66)85)54(92)73-37(27-80)56(94)96-46(32-16-13-12-14-17-32)43(78-57(95)60(21-19-33(20-22-60)61(62,63)64)79-48(86)34(65)25-59(8,9)10)55(93)77-41(44(83)29(4)5)53(91)72-36(24-28(2)3)50(88)71-35(49(87)75-39)18-15-23-69-58(67)68/h12-14,16-17,28-31,33-37,39-46,80-81,83-84H,11,15,18-27,65H2,1-10H3,(H2,66,85)(H,70,89)(H,71,88)(H,72,91)(H,73,92)(H,74,82)(H,75,87)(H,76,90)(H,77,93)(H,78,95)(H,79,86)(H4,67,68,69)/t30-,31-,33?,34+,35+,36-,37-,39?,40-,41-,42-,43?,44+,45-,46+,60?/m0/s1. The molecule has 22 N–H and O–H groups in total. The number of esters is 1. The van der Waals surface area contributed by atoms with E-state index in [9.17, 15) is 81.5 Å². The number of carbonyl (C=O) groups excluding carboxylic acids is 12. The third-order valence-corrected chi connectivity index (χ3v) is 16.3. The fourth-order valence-electron chi connectivity index (χ4n) is 10.6. The van der Waals surface area contributed by atoms with Crippen LogP contribution in [0.2, 0.25) is 0 Å². The summed E-state index contributed by atoms with van der Waals surface area (Å²) in [6.07, 6.45) is -16.5. The molecule has 11 amide bonds. The molecule has 14 atom stereocenters. The number of ether oxygens (including phenoxy) is 1. The van der Waals surface area contributed by atoms with E-state index in [-0.39, 0.29) is 44.2 Å². The van der Waals surface area contributed by atoms with Gasteiger partial charge in [-0.1, -0.05) is 99.1 Å². The maximum atomic E-state index is 15.6. The van der Waals surface area contributed by atoms with Gasteiger partial charge in [-0.15, -0.1) is 0 Å². The Labute approximate surface area is 554 Å². The number of aliphatic hydroxyl groups excluding tert-OH is 4. The molecular formula is C61H98F3N15O17. The van der Waals surface area contributed by atoms with E-state index in [0.29, 0.717) is 0 Å². The van der Waals surface area contributed by atoms with Crippen LogP contribution in [-0.4, -0.2) is 201 Å². The highest BCUT2D eigenvalue weighted by atomic mass is 19.4. The van der Waals surface area contributed by atoms with Crippen molar-refractivity contribution in [3.63, 3.8) is 0 Å². The summed E-state index contributed by atoms with van der Waals surface area (Å²) in [5, 5.41) is 77.8. The van der Waals surface area contributed by atoms with Crippen molar-refractivity contribution in [3.05, 3.63) is 35.9 Å².